The number of carbonyl (C=O) groups is 1. The molecule has 2 aromatic heterocycles. The Hall–Kier alpha value is -1.63. The minimum absolute atomic E-state index is 0.0421. The molecule has 0 unspecified atom stereocenters. The molecule has 0 amide bonds. The maximum absolute atomic E-state index is 11.2. The third-order valence-corrected chi connectivity index (χ3v) is 3.78. The first-order valence-electron chi connectivity index (χ1n) is 5.83. The third kappa shape index (κ3) is 2.45. The molecule has 0 bridgehead atoms. The number of carboxylic acids is 1. The minimum Gasteiger partial charge on any atom is -0.480 e. The van der Waals surface area contributed by atoms with E-state index in [1.807, 2.05) is 27.0 Å². The number of aliphatic carboxylic acids is 1. The standard InChI is InChI=1S/C11H16N4O2S/c1-4-6(2)8(9(16)17)13-10-14-15-5-7(3)12-11(15)18-10/h5-6,8H,4H2,1-3H3,(H,13,14)(H,16,17)/t6-,8-/m0/s1. The highest BCUT2D eigenvalue weighted by atomic mass is 32.1. The quantitative estimate of drug-likeness (QED) is 0.867. The highest BCUT2D eigenvalue weighted by Gasteiger charge is 2.24. The van der Waals surface area contributed by atoms with E-state index < -0.39 is 12.0 Å². The number of rotatable bonds is 5. The van der Waals surface area contributed by atoms with Gasteiger partial charge in [-0.15, -0.1) is 5.10 Å². The Balaban J connectivity index is 2.20. The second-order valence-electron chi connectivity index (χ2n) is 4.36. The average molecular weight is 268 g/mol. The number of hydrogen-bond donors (Lipinski definition) is 2. The van der Waals surface area contributed by atoms with Crippen LogP contribution in [0.1, 0.15) is 26.0 Å². The Bertz CT molecular complexity index is 531. The van der Waals surface area contributed by atoms with Gasteiger partial charge in [0.15, 0.2) is 0 Å². The zero-order valence-corrected chi connectivity index (χ0v) is 11.4. The highest BCUT2D eigenvalue weighted by molar-refractivity contribution is 7.20. The first-order chi connectivity index (χ1) is 8.51. The fourth-order valence-corrected chi connectivity index (χ4v) is 2.55. The molecule has 0 saturated carbocycles. The molecule has 2 atom stereocenters. The van der Waals surface area contributed by atoms with Crippen molar-refractivity contribution in [2.24, 2.45) is 5.92 Å². The fraction of sp³-hybridized carbons (Fsp3) is 0.545. The van der Waals surface area contributed by atoms with E-state index in [0.717, 1.165) is 17.1 Å². The highest BCUT2D eigenvalue weighted by Crippen LogP contribution is 2.22. The topological polar surface area (TPSA) is 79.5 Å². The summed E-state index contributed by atoms with van der Waals surface area (Å²) in [6.07, 6.45) is 2.61. The molecule has 6 nitrogen and oxygen atoms in total. The first kappa shape index (κ1) is 12.8. The lowest BCUT2D eigenvalue weighted by Gasteiger charge is -2.19. The molecule has 0 aliphatic rings. The third-order valence-electron chi connectivity index (χ3n) is 2.92. The number of imidazole rings is 1. The van der Waals surface area contributed by atoms with Crippen LogP contribution in [-0.2, 0) is 4.79 Å². The average Bonchev–Trinajstić information content (AvgIpc) is 2.81. The molecular weight excluding hydrogens is 252 g/mol. The van der Waals surface area contributed by atoms with Crippen molar-refractivity contribution in [2.75, 3.05) is 5.32 Å². The maximum atomic E-state index is 11.2. The Morgan fingerprint density at radius 2 is 2.39 bits per heavy atom. The van der Waals surface area contributed by atoms with Gasteiger partial charge in [0.25, 0.3) is 0 Å². The van der Waals surface area contributed by atoms with E-state index in [0.29, 0.717) is 5.13 Å². The van der Waals surface area contributed by atoms with Crippen LogP contribution in [-0.4, -0.2) is 31.7 Å². The summed E-state index contributed by atoms with van der Waals surface area (Å²) < 4.78 is 1.66. The zero-order valence-electron chi connectivity index (χ0n) is 10.5. The minimum atomic E-state index is -0.853. The Labute approximate surface area is 109 Å². The number of nitrogens with one attached hydrogen (secondary N) is 1. The van der Waals surface area contributed by atoms with Crippen molar-refractivity contribution in [2.45, 2.75) is 33.2 Å². The number of anilines is 1. The van der Waals surface area contributed by atoms with Gasteiger partial charge < -0.3 is 10.4 Å². The van der Waals surface area contributed by atoms with Gasteiger partial charge in [0.05, 0.1) is 11.9 Å². The Kier molecular flexibility index (Phi) is 3.51. The van der Waals surface area contributed by atoms with Crippen LogP contribution in [0.3, 0.4) is 0 Å². The Morgan fingerprint density at radius 3 is 2.94 bits per heavy atom. The van der Waals surface area contributed by atoms with Crippen molar-refractivity contribution < 1.29 is 9.90 Å². The van der Waals surface area contributed by atoms with Crippen LogP contribution in [0.2, 0.25) is 0 Å². The van der Waals surface area contributed by atoms with Gasteiger partial charge in [0.1, 0.15) is 6.04 Å². The SMILES string of the molecule is CC[C@H](C)[C@H](Nc1nn2cc(C)nc2s1)C(=O)O. The second kappa shape index (κ2) is 4.93. The van der Waals surface area contributed by atoms with Crippen molar-refractivity contribution in [3.05, 3.63) is 11.9 Å². The van der Waals surface area contributed by atoms with Crippen LogP contribution in [0.4, 0.5) is 5.13 Å². The van der Waals surface area contributed by atoms with E-state index >= 15 is 0 Å². The van der Waals surface area contributed by atoms with Crippen LogP contribution < -0.4 is 5.32 Å². The van der Waals surface area contributed by atoms with Gasteiger partial charge in [-0.2, -0.15) is 0 Å². The van der Waals surface area contributed by atoms with Crippen LogP contribution >= 0.6 is 11.3 Å². The molecule has 0 aromatic carbocycles. The predicted molar refractivity (Wildman–Crippen MR) is 70.1 cm³/mol. The van der Waals surface area contributed by atoms with E-state index in [1.54, 1.807) is 4.52 Å². The lowest BCUT2D eigenvalue weighted by Crippen LogP contribution is -2.35. The molecule has 2 aromatic rings. The number of fused-ring (bicyclic) bond motifs is 1. The molecule has 0 aliphatic heterocycles. The van der Waals surface area contributed by atoms with Gasteiger partial charge >= 0.3 is 5.97 Å². The lowest BCUT2D eigenvalue weighted by molar-refractivity contribution is -0.139. The van der Waals surface area contributed by atoms with Crippen LogP contribution in [0.25, 0.3) is 4.96 Å². The molecule has 98 valence electrons. The van der Waals surface area contributed by atoms with Crippen molar-refractivity contribution in [1.29, 1.82) is 0 Å². The molecule has 7 heteroatoms. The zero-order chi connectivity index (χ0) is 13.3. The number of nitrogens with zero attached hydrogens (tertiary/aromatic N) is 3. The summed E-state index contributed by atoms with van der Waals surface area (Å²) in [5.41, 5.74) is 0.900. The Morgan fingerprint density at radius 1 is 1.67 bits per heavy atom. The van der Waals surface area contributed by atoms with Crippen LogP contribution in [0, 0.1) is 12.8 Å². The predicted octanol–water partition coefficient (Wildman–Crippen LogP) is 2.01. The van der Waals surface area contributed by atoms with E-state index in [2.05, 4.69) is 15.4 Å². The van der Waals surface area contributed by atoms with Crippen molar-refractivity contribution >= 4 is 27.4 Å². The van der Waals surface area contributed by atoms with Crippen molar-refractivity contribution in [3.8, 4) is 0 Å². The van der Waals surface area contributed by atoms with E-state index in [1.165, 1.54) is 11.3 Å². The summed E-state index contributed by atoms with van der Waals surface area (Å²) in [6, 6.07) is -0.619. The molecule has 0 radical (unpaired) electrons. The number of carboxylic acid groups (broad SMARTS) is 1. The molecule has 0 saturated heterocycles. The molecule has 0 fully saturated rings. The van der Waals surface area contributed by atoms with Gasteiger partial charge in [-0.05, 0) is 12.8 Å². The number of aromatic nitrogens is 3. The van der Waals surface area contributed by atoms with Gasteiger partial charge in [-0.1, -0.05) is 31.6 Å². The molecule has 2 rings (SSSR count). The van der Waals surface area contributed by atoms with Crippen LogP contribution in [0.15, 0.2) is 6.20 Å². The molecule has 0 spiro atoms. The number of hydrogen-bond acceptors (Lipinski definition) is 5. The van der Waals surface area contributed by atoms with E-state index in [-0.39, 0.29) is 5.92 Å². The van der Waals surface area contributed by atoms with E-state index in [9.17, 15) is 9.90 Å². The molecule has 0 aliphatic carbocycles. The van der Waals surface area contributed by atoms with Gasteiger partial charge in [0, 0.05) is 0 Å². The number of aryl methyl sites for hydroxylation is 1. The summed E-state index contributed by atoms with van der Waals surface area (Å²) >= 11 is 1.36. The summed E-state index contributed by atoms with van der Waals surface area (Å²) in [5, 5.41) is 17.0. The van der Waals surface area contributed by atoms with Gasteiger partial charge in [-0.25, -0.2) is 14.3 Å². The second-order valence-corrected chi connectivity index (χ2v) is 5.32. The van der Waals surface area contributed by atoms with Gasteiger partial charge in [0.2, 0.25) is 10.1 Å². The molecule has 2 heterocycles. The smallest absolute Gasteiger partial charge is 0.326 e. The normalized spacial score (nSPS) is 14.6. The fourth-order valence-electron chi connectivity index (χ4n) is 1.68. The summed E-state index contributed by atoms with van der Waals surface area (Å²) in [7, 11) is 0. The molecule has 2 N–H and O–H groups in total. The summed E-state index contributed by atoms with van der Waals surface area (Å²) in [4.78, 5) is 16.3. The molecule has 18 heavy (non-hydrogen) atoms. The summed E-state index contributed by atoms with van der Waals surface area (Å²) in [5.74, 6) is -0.811. The monoisotopic (exact) mass is 268 g/mol. The van der Waals surface area contributed by atoms with Gasteiger partial charge in [-0.3, -0.25) is 0 Å². The van der Waals surface area contributed by atoms with Crippen molar-refractivity contribution in [1.82, 2.24) is 14.6 Å². The molecular formula is C11H16N4O2S. The first-order valence-corrected chi connectivity index (χ1v) is 6.65. The lowest BCUT2D eigenvalue weighted by atomic mass is 10.00. The largest absolute Gasteiger partial charge is 0.480 e. The van der Waals surface area contributed by atoms with Crippen molar-refractivity contribution in [3.63, 3.8) is 0 Å². The summed E-state index contributed by atoms with van der Waals surface area (Å²) in [6.45, 7) is 5.78. The van der Waals surface area contributed by atoms with E-state index in [4.69, 9.17) is 0 Å². The maximum Gasteiger partial charge on any atom is 0.326 e. The van der Waals surface area contributed by atoms with Crippen LogP contribution in [0.5, 0.6) is 0 Å².